The average molecular weight is 156 g/mol. The summed E-state index contributed by atoms with van der Waals surface area (Å²) >= 11 is 0. The first-order valence-corrected chi connectivity index (χ1v) is 4.36. The minimum Gasteiger partial charge on any atom is -0.331 e. The third-order valence-corrected chi connectivity index (χ3v) is 1.68. The number of allylic oxidation sites excluding steroid dienone is 1. The minimum atomic E-state index is 1.08. The fraction of sp³-hybridized carbons (Fsp3) is 0.800. The van der Waals surface area contributed by atoms with E-state index in [-0.39, 0.29) is 0 Å². The number of hydrogen-bond donors (Lipinski definition) is 0. The van der Waals surface area contributed by atoms with Crippen molar-refractivity contribution in [2.75, 3.05) is 27.7 Å². The lowest BCUT2D eigenvalue weighted by Gasteiger charge is -2.23. The molecule has 0 aliphatic heterocycles. The molecule has 0 aromatic heterocycles. The van der Waals surface area contributed by atoms with E-state index in [2.05, 4.69) is 34.6 Å². The molecule has 0 aromatic rings. The van der Waals surface area contributed by atoms with Crippen LogP contribution in [0.3, 0.4) is 0 Å². The normalized spacial score (nSPS) is 11.6. The predicted molar refractivity (Wildman–Crippen MR) is 51.6 cm³/mol. The monoisotopic (exact) mass is 156 g/mol. The van der Waals surface area contributed by atoms with E-state index >= 15 is 0 Å². The van der Waals surface area contributed by atoms with Crippen molar-refractivity contribution in [1.29, 1.82) is 0 Å². The zero-order chi connectivity index (χ0) is 8.91. The zero-order valence-electron chi connectivity index (χ0n) is 8.48. The third kappa shape index (κ3) is 9.70. The molecule has 0 saturated heterocycles. The van der Waals surface area contributed by atoms with Crippen LogP contribution in [0, 0.1) is 0 Å². The van der Waals surface area contributed by atoms with Crippen LogP contribution in [0.4, 0.5) is 0 Å². The fourth-order valence-corrected chi connectivity index (χ4v) is 1.01. The van der Waals surface area contributed by atoms with E-state index in [0.717, 1.165) is 4.48 Å². The first kappa shape index (κ1) is 10.7. The van der Waals surface area contributed by atoms with E-state index in [9.17, 15) is 0 Å². The molecule has 0 amide bonds. The van der Waals surface area contributed by atoms with Crippen LogP contribution in [0.2, 0.25) is 0 Å². The van der Waals surface area contributed by atoms with Crippen molar-refractivity contribution in [3.05, 3.63) is 12.2 Å². The number of nitrogens with zero attached hydrogens (tertiary/aromatic N) is 1. The summed E-state index contributed by atoms with van der Waals surface area (Å²) in [5, 5.41) is 0. The van der Waals surface area contributed by atoms with Gasteiger partial charge in [0.05, 0.1) is 27.7 Å². The van der Waals surface area contributed by atoms with Gasteiger partial charge >= 0.3 is 0 Å². The van der Waals surface area contributed by atoms with Gasteiger partial charge in [-0.3, -0.25) is 0 Å². The second-order valence-corrected chi connectivity index (χ2v) is 4.43. The summed E-state index contributed by atoms with van der Waals surface area (Å²) in [6, 6.07) is 0. The van der Waals surface area contributed by atoms with Gasteiger partial charge in [-0.2, -0.15) is 0 Å². The highest BCUT2D eigenvalue weighted by Crippen LogP contribution is 2.05. The van der Waals surface area contributed by atoms with E-state index in [1.54, 1.807) is 0 Å². The van der Waals surface area contributed by atoms with Crippen LogP contribution in [0.25, 0.3) is 0 Å². The number of quaternary nitrogens is 1. The zero-order valence-corrected chi connectivity index (χ0v) is 8.48. The molecule has 0 aliphatic rings. The Morgan fingerprint density at radius 3 is 2.09 bits per heavy atom. The van der Waals surface area contributed by atoms with Crippen LogP contribution in [-0.2, 0) is 0 Å². The standard InChI is InChI=1S/C10H22N/c1-10(2)8-6-7-9-11(3,4)5/h1,6-9H2,2-5H3/q+1. The van der Waals surface area contributed by atoms with Crippen LogP contribution in [0.15, 0.2) is 12.2 Å². The average Bonchev–Trinajstić information content (AvgIpc) is 1.78. The molecule has 0 aliphatic carbocycles. The van der Waals surface area contributed by atoms with Gasteiger partial charge in [-0.1, -0.05) is 5.57 Å². The fourth-order valence-electron chi connectivity index (χ4n) is 1.01. The van der Waals surface area contributed by atoms with Gasteiger partial charge < -0.3 is 4.48 Å². The molecule has 0 fully saturated rings. The third-order valence-electron chi connectivity index (χ3n) is 1.68. The van der Waals surface area contributed by atoms with Crippen LogP contribution in [0.1, 0.15) is 26.2 Å². The largest absolute Gasteiger partial charge is 0.331 e. The van der Waals surface area contributed by atoms with Gasteiger partial charge in [-0.15, -0.1) is 6.58 Å². The van der Waals surface area contributed by atoms with Gasteiger partial charge in [0.25, 0.3) is 0 Å². The van der Waals surface area contributed by atoms with E-state index in [0.29, 0.717) is 0 Å². The van der Waals surface area contributed by atoms with Crippen LogP contribution in [0.5, 0.6) is 0 Å². The highest BCUT2D eigenvalue weighted by Gasteiger charge is 2.04. The Morgan fingerprint density at radius 1 is 1.18 bits per heavy atom. The molecule has 0 saturated carbocycles. The molecule has 1 heteroatoms. The van der Waals surface area contributed by atoms with E-state index < -0.39 is 0 Å². The van der Waals surface area contributed by atoms with Crippen molar-refractivity contribution in [3.63, 3.8) is 0 Å². The molecule has 0 bridgehead atoms. The second-order valence-electron chi connectivity index (χ2n) is 4.43. The van der Waals surface area contributed by atoms with E-state index in [4.69, 9.17) is 0 Å². The topological polar surface area (TPSA) is 0 Å². The highest BCUT2D eigenvalue weighted by atomic mass is 15.3. The molecule has 0 heterocycles. The lowest BCUT2D eigenvalue weighted by molar-refractivity contribution is -0.870. The second kappa shape index (κ2) is 4.55. The van der Waals surface area contributed by atoms with Gasteiger partial charge in [-0.25, -0.2) is 0 Å². The Kier molecular flexibility index (Phi) is 4.43. The molecule has 11 heavy (non-hydrogen) atoms. The number of rotatable bonds is 5. The Hall–Kier alpha value is -0.300. The number of hydrogen-bond acceptors (Lipinski definition) is 0. The lowest BCUT2D eigenvalue weighted by Crippen LogP contribution is -2.35. The molecule has 1 nitrogen and oxygen atoms in total. The van der Waals surface area contributed by atoms with Crippen molar-refractivity contribution < 1.29 is 4.48 Å². The maximum absolute atomic E-state index is 3.88. The molecule has 0 spiro atoms. The van der Waals surface area contributed by atoms with Gasteiger partial charge in [0, 0.05) is 0 Å². The SMILES string of the molecule is C=C(C)CCCC[N+](C)(C)C. The molecule has 0 N–H and O–H groups in total. The van der Waals surface area contributed by atoms with Crippen molar-refractivity contribution in [3.8, 4) is 0 Å². The maximum atomic E-state index is 3.88. The summed E-state index contributed by atoms with van der Waals surface area (Å²) in [5.74, 6) is 0. The molecule has 66 valence electrons. The first-order valence-electron chi connectivity index (χ1n) is 4.36. The molecule has 0 unspecified atom stereocenters. The Labute approximate surface area is 71.3 Å². The van der Waals surface area contributed by atoms with Crippen LogP contribution < -0.4 is 0 Å². The molecule has 0 atom stereocenters. The van der Waals surface area contributed by atoms with Crippen molar-refractivity contribution >= 4 is 0 Å². The van der Waals surface area contributed by atoms with Gasteiger partial charge in [-0.05, 0) is 26.2 Å². The summed E-state index contributed by atoms with van der Waals surface area (Å²) < 4.78 is 1.08. The summed E-state index contributed by atoms with van der Waals surface area (Å²) in [7, 11) is 6.71. The van der Waals surface area contributed by atoms with Gasteiger partial charge in [0.15, 0.2) is 0 Å². The Bertz CT molecular complexity index is 119. The summed E-state index contributed by atoms with van der Waals surface area (Å²) in [4.78, 5) is 0. The molecule has 0 rings (SSSR count). The first-order chi connectivity index (χ1) is 4.92. The van der Waals surface area contributed by atoms with Gasteiger partial charge in [0.1, 0.15) is 0 Å². The van der Waals surface area contributed by atoms with Gasteiger partial charge in [0.2, 0.25) is 0 Å². The molecular formula is C10H22N+. The van der Waals surface area contributed by atoms with Crippen LogP contribution >= 0.6 is 0 Å². The molecule has 0 aromatic carbocycles. The molecular weight excluding hydrogens is 134 g/mol. The Balaban J connectivity index is 3.22. The quantitative estimate of drug-likeness (QED) is 0.326. The smallest absolute Gasteiger partial charge is 0.0780 e. The van der Waals surface area contributed by atoms with Crippen molar-refractivity contribution in [2.45, 2.75) is 26.2 Å². The Morgan fingerprint density at radius 2 is 1.73 bits per heavy atom. The minimum absolute atomic E-state index is 1.08. The van der Waals surface area contributed by atoms with Crippen LogP contribution in [-0.4, -0.2) is 32.2 Å². The van der Waals surface area contributed by atoms with E-state index in [1.165, 1.54) is 31.4 Å². The maximum Gasteiger partial charge on any atom is 0.0780 e. The lowest BCUT2D eigenvalue weighted by atomic mass is 10.1. The summed E-state index contributed by atoms with van der Waals surface area (Å²) in [6.45, 7) is 7.26. The summed E-state index contributed by atoms with van der Waals surface area (Å²) in [5.41, 5.74) is 1.31. The predicted octanol–water partition coefficient (Wildman–Crippen LogP) is 2.44. The van der Waals surface area contributed by atoms with Crippen molar-refractivity contribution in [2.24, 2.45) is 0 Å². The van der Waals surface area contributed by atoms with Crippen molar-refractivity contribution in [1.82, 2.24) is 0 Å². The molecule has 0 radical (unpaired) electrons. The number of unbranched alkanes of at least 4 members (excludes halogenated alkanes) is 1. The highest BCUT2D eigenvalue weighted by molar-refractivity contribution is 4.86. The summed E-state index contributed by atoms with van der Waals surface area (Å²) in [6.07, 6.45) is 3.81. The van der Waals surface area contributed by atoms with E-state index in [1.807, 2.05) is 0 Å².